The van der Waals surface area contributed by atoms with Crippen LogP contribution < -0.4 is 10.0 Å². The van der Waals surface area contributed by atoms with Crippen molar-refractivity contribution in [3.05, 3.63) is 29.8 Å². The zero-order valence-corrected chi connectivity index (χ0v) is 17.7. The van der Waals surface area contributed by atoms with E-state index in [1.807, 2.05) is 0 Å². The van der Waals surface area contributed by atoms with Gasteiger partial charge in [0.2, 0.25) is 10.0 Å². The van der Waals surface area contributed by atoms with Crippen molar-refractivity contribution in [3.63, 3.8) is 0 Å². The lowest BCUT2D eigenvalue weighted by atomic mass is 10.2. The lowest BCUT2D eigenvalue weighted by Gasteiger charge is -2.12. The van der Waals surface area contributed by atoms with Crippen molar-refractivity contribution in [2.24, 2.45) is 0 Å². The molecule has 0 radical (unpaired) electrons. The monoisotopic (exact) mass is 448 g/mol. The van der Waals surface area contributed by atoms with Gasteiger partial charge in [-0.1, -0.05) is 27.7 Å². The van der Waals surface area contributed by atoms with Crippen LogP contribution in [0.25, 0.3) is 0 Å². The largest absolute Gasteiger partial charge is 0.481 e. The number of ether oxygens (including phenoxy) is 1. The van der Waals surface area contributed by atoms with Crippen LogP contribution in [-0.2, 0) is 19.6 Å². The Morgan fingerprint density at radius 1 is 1.25 bits per heavy atom. The van der Waals surface area contributed by atoms with Crippen molar-refractivity contribution in [2.75, 3.05) is 31.2 Å². The highest BCUT2D eigenvalue weighted by atomic mass is 33.1. The minimum atomic E-state index is -3.71. The molecule has 1 unspecified atom stereocenters. The number of hydrogen-bond donors (Lipinski definition) is 3. The highest BCUT2D eigenvalue weighted by Crippen LogP contribution is 2.21. The van der Waals surface area contributed by atoms with Crippen LogP contribution in [0.3, 0.4) is 0 Å². The number of sulfonamides is 1. The zero-order valence-electron chi connectivity index (χ0n) is 15.3. The van der Waals surface area contributed by atoms with Crippen LogP contribution in [-0.4, -0.2) is 62.7 Å². The van der Waals surface area contributed by atoms with Crippen molar-refractivity contribution in [3.8, 4) is 0 Å². The Hall–Kier alpha value is -1.27. The third kappa shape index (κ3) is 8.00. The van der Waals surface area contributed by atoms with Crippen molar-refractivity contribution in [2.45, 2.75) is 30.3 Å². The van der Waals surface area contributed by atoms with E-state index in [0.29, 0.717) is 24.7 Å². The molecule has 2 rings (SSSR count). The van der Waals surface area contributed by atoms with Crippen LogP contribution in [0.1, 0.15) is 29.6 Å². The normalized spacial score (nSPS) is 16.8. The quantitative estimate of drug-likeness (QED) is 0.326. The highest BCUT2D eigenvalue weighted by Gasteiger charge is 2.21. The Morgan fingerprint density at radius 3 is 2.75 bits per heavy atom. The molecule has 1 atom stereocenters. The highest BCUT2D eigenvalue weighted by molar-refractivity contribution is 8.76. The maximum Gasteiger partial charge on any atom is 0.304 e. The molecule has 1 amide bonds. The third-order valence-electron chi connectivity index (χ3n) is 3.89. The zero-order chi connectivity index (χ0) is 20.4. The van der Waals surface area contributed by atoms with E-state index in [-0.39, 0.29) is 35.4 Å². The fourth-order valence-electron chi connectivity index (χ4n) is 2.45. The summed E-state index contributed by atoms with van der Waals surface area (Å²) in [7, 11) is -0.795. The van der Waals surface area contributed by atoms with Gasteiger partial charge in [-0.25, -0.2) is 13.1 Å². The van der Waals surface area contributed by atoms with Crippen molar-refractivity contribution >= 4 is 43.5 Å². The molecule has 1 aromatic carbocycles. The minimum absolute atomic E-state index is 0.0387. The Balaban J connectivity index is 1.79. The topological polar surface area (TPSA) is 122 Å². The molecule has 1 aliphatic heterocycles. The van der Waals surface area contributed by atoms with Crippen molar-refractivity contribution in [1.82, 2.24) is 10.0 Å². The predicted molar refractivity (Wildman–Crippen MR) is 110 cm³/mol. The summed E-state index contributed by atoms with van der Waals surface area (Å²) in [6.45, 7) is 1.27. The van der Waals surface area contributed by atoms with E-state index in [9.17, 15) is 18.0 Å². The van der Waals surface area contributed by atoms with E-state index in [1.54, 1.807) is 6.07 Å². The average molecular weight is 449 g/mol. The first-order chi connectivity index (χ1) is 13.4. The molecule has 0 saturated carbocycles. The first-order valence-electron chi connectivity index (χ1n) is 8.84. The molecule has 1 fully saturated rings. The average Bonchev–Trinajstić information content (AvgIpc) is 3.19. The molecule has 0 aromatic heterocycles. The summed E-state index contributed by atoms with van der Waals surface area (Å²) in [5.41, 5.74) is 0.267. The number of nitrogens with one attached hydrogen (secondary N) is 2. The van der Waals surface area contributed by atoms with Crippen LogP contribution in [0.4, 0.5) is 0 Å². The molecule has 1 saturated heterocycles. The van der Waals surface area contributed by atoms with Gasteiger partial charge in [-0.2, -0.15) is 0 Å². The van der Waals surface area contributed by atoms with Crippen molar-refractivity contribution < 1.29 is 27.9 Å². The van der Waals surface area contributed by atoms with Gasteiger partial charge < -0.3 is 15.2 Å². The van der Waals surface area contributed by atoms with Crippen LogP contribution in [0.15, 0.2) is 29.2 Å². The van der Waals surface area contributed by atoms with Gasteiger partial charge in [-0.05, 0) is 31.0 Å². The maximum absolute atomic E-state index is 12.4. The molecule has 0 spiro atoms. The van der Waals surface area contributed by atoms with E-state index >= 15 is 0 Å². The van der Waals surface area contributed by atoms with E-state index in [4.69, 9.17) is 9.84 Å². The lowest BCUT2D eigenvalue weighted by molar-refractivity contribution is -0.136. The molecule has 1 aromatic rings. The summed E-state index contributed by atoms with van der Waals surface area (Å²) in [6, 6.07) is 5.89. The van der Waals surface area contributed by atoms with Gasteiger partial charge in [-0.15, -0.1) is 0 Å². The number of amides is 1. The molecular weight excluding hydrogens is 424 g/mol. The number of carbonyl (C=O) groups excluding carboxylic acids is 1. The van der Waals surface area contributed by atoms with Gasteiger partial charge in [0.1, 0.15) is 0 Å². The van der Waals surface area contributed by atoms with Gasteiger partial charge in [0.25, 0.3) is 5.91 Å². The first kappa shape index (κ1) is 23.0. The molecule has 156 valence electrons. The molecule has 28 heavy (non-hydrogen) atoms. The number of hydrogen-bond acceptors (Lipinski definition) is 7. The molecule has 8 nitrogen and oxygen atoms in total. The predicted octanol–water partition coefficient (Wildman–Crippen LogP) is 1.73. The Bertz CT molecular complexity index is 766. The maximum atomic E-state index is 12.4. The van der Waals surface area contributed by atoms with E-state index in [0.717, 1.165) is 12.8 Å². The number of rotatable bonds is 12. The fourth-order valence-corrected chi connectivity index (χ4v) is 5.45. The molecule has 1 heterocycles. The van der Waals surface area contributed by atoms with Crippen LogP contribution in [0.5, 0.6) is 0 Å². The van der Waals surface area contributed by atoms with E-state index in [2.05, 4.69) is 10.0 Å². The number of benzene rings is 1. The number of aliphatic carboxylic acids is 1. The minimum Gasteiger partial charge on any atom is -0.481 e. The molecule has 0 aliphatic carbocycles. The van der Waals surface area contributed by atoms with Gasteiger partial charge in [0, 0.05) is 36.8 Å². The number of carbonyl (C=O) groups is 2. The van der Waals surface area contributed by atoms with E-state index < -0.39 is 16.0 Å². The smallest absolute Gasteiger partial charge is 0.304 e. The molecular formula is C17H24N2O6S3. The standard InChI is InChI=1S/C17H24N2O6S3/c20-16(21)6-9-26-27-10-7-18-17(22)13-3-1-5-15(11-13)28(23,24)19-12-14-4-2-8-25-14/h1,3,5,11,14,19H,2,4,6-10,12H2,(H,18,22)(H,20,21). The van der Waals surface area contributed by atoms with E-state index in [1.165, 1.54) is 39.8 Å². The summed E-state index contributed by atoms with van der Waals surface area (Å²) in [5.74, 6) is -0.0576. The summed E-state index contributed by atoms with van der Waals surface area (Å²) < 4.78 is 32.8. The van der Waals surface area contributed by atoms with Crippen LogP contribution in [0.2, 0.25) is 0 Å². The Labute approximate surface area is 172 Å². The summed E-state index contributed by atoms with van der Waals surface area (Å²) >= 11 is 0. The summed E-state index contributed by atoms with van der Waals surface area (Å²) in [4.78, 5) is 22.7. The van der Waals surface area contributed by atoms with Crippen LogP contribution >= 0.6 is 21.6 Å². The molecule has 11 heteroatoms. The second kappa shape index (κ2) is 11.7. The Morgan fingerprint density at radius 2 is 2.04 bits per heavy atom. The summed E-state index contributed by atoms with van der Waals surface area (Å²) in [6.07, 6.45) is 1.76. The number of carboxylic acids is 1. The molecule has 1 aliphatic rings. The number of carboxylic acid groups (broad SMARTS) is 1. The first-order valence-corrected chi connectivity index (χ1v) is 12.8. The van der Waals surface area contributed by atoms with Gasteiger partial charge in [0.05, 0.1) is 17.4 Å². The second-order valence-corrected chi connectivity index (χ2v) is 10.5. The molecule has 0 bridgehead atoms. The Kier molecular flexibility index (Phi) is 9.59. The van der Waals surface area contributed by atoms with Crippen LogP contribution in [0, 0.1) is 0 Å². The van der Waals surface area contributed by atoms with Gasteiger partial charge in [0.15, 0.2) is 0 Å². The third-order valence-corrected chi connectivity index (χ3v) is 7.71. The fraction of sp³-hybridized carbons (Fsp3) is 0.529. The van der Waals surface area contributed by atoms with Gasteiger partial charge in [-0.3, -0.25) is 9.59 Å². The molecule has 3 N–H and O–H groups in total. The van der Waals surface area contributed by atoms with Gasteiger partial charge >= 0.3 is 5.97 Å². The lowest BCUT2D eigenvalue weighted by Crippen LogP contribution is -2.32. The summed E-state index contributed by atoms with van der Waals surface area (Å²) in [5, 5.41) is 11.3. The SMILES string of the molecule is O=C(O)CCSSCCNC(=O)c1cccc(S(=O)(=O)NCC2CCCO2)c1. The second-order valence-electron chi connectivity index (χ2n) is 6.06. The van der Waals surface area contributed by atoms with Crippen molar-refractivity contribution in [1.29, 1.82) is 0 Å².